The van der Waals surface area contributed by atoms with Crippen molar-refractivity contribution in [3.05, 3.63) is 53.6 Å². The summed E-state index contributed by atoms with van der Waals surface area (Å²) in [6.45, 7) is 8.52. The highest BCUT2D eigenvalue weighted by molar-refractivity contribution is 5.30. The summed E-state index contributed by atoms with van der Waals surface area (Å²) in [7, 11) is 1.76. The Labute approximate surface area is 168 Å². The van der Waals surface area contributed by atoms with Crippen molar-refractivity contribution in [3.63, 3.8) is 0 Å². The molecule has 4 saturated heterocycles. The number of methoxy groups -OCH3 is 1. The van der Waals surface area contributed by atoms with Gasteiger partial charge < -0.3 is 9.30 Å². The van der Waals surface area contributed by atoms with Crippen LogP contribution in [-0.2, 0) is 17.8 Å². The van der Waals surface area contributed by atoms with Gasteiger partial charge in [0.25, 0.3) is 0 Å². The molecule has 1 aromatic carbocycles. The zero-order valence-corrected chi connectivity index (χ0v) is 17.1. The number of likely N-dealkylation sites (tertiary alicyclic amines) is 1. The largest absolute Gasteiger partial charge is 0.383 e. The second-order valence-electron chi connectivity index (χ2n) is 8.87. The van der Waals surface area contributed by atoms with Crippen molar-refractivity contribution < 1.29 is 4.74 Å². The highest BCUT2D eigenvalue weighted by Gasteiger charge is 2.53. The summed E-state index contributed by atoms with van der Waals surface area (Å²) < 4.78 is 7.54. The van der Waals surface area contributed by atoms with Crippen LogP contribution in [-0.4, -0.2) is 64.8 Å². The Morgan fingerprint density at radius 2 is 1.89 bits per heavy atom. The van der Waals surface area contributed by atoms with Gasteiger partial charge in [0.2, 0.25) is 0 Å². The quantitative estimate of drug-likeness (QED) is 0.772. The minimum absolute atomic E-state index is 0.615. The molecule has 3 atom stereocenters. The summed E-state index contributed by atoms with van der Waals surface area (Å²) in [6.07, 6.45) is 6.73. The molecule has 6 rings (SSSR count). The van der Waals surface area contributed by atoms with Gasteiger partial charge in [0.05, 0.1) is 18.6 Å². The van der Waals surface area contributed by atoms with Gasteiger partial charge in [-0.1, -0.05) is 29.8 Å². The van der Waals surface area contributed by atoms with Crippen LogP contribution in [0.25, 0.3) is 0 Å². The number of aromatic nitrogens is 2. The summed E-state index contributed by atoms with van der Waals surface area (Å²) in [6, 6.07) is 10.6. The zero-order chi connectivity index (χ0) is 19.1. The number of fused-ring (bicyclic) bond motifs is 2. The van der Waals surface area contributed by atoms with E-state index >= 15 is 0 Å². The second-order valence-corrected chi connectivity index (χ2v) is 8.87. The Bertz CT molecular complexity index is 793. The van der Waals surface area contributed by atoms with Gasteiger partial charge in [-0.25, -0.2) is 4.98 Å². The Hall–Kier alpha value is -1.69. The van der Waals surface area contributed by atoms with E-state index in [4.69, 9.17) is 4.74 Å². The highest BCUT2D eigenvalue weighted by atomic mass is 16.5. The van der Waals surface area contributed by atoms with Crippen molar-refractivity contribution in [2.24, 2.45) is 5.92 Å². The van der Waals surface area contributed by atoms with Gasteiger partial charge in [0.1, 0.15) is 0 Å². The number of nitrogens with zero attached hydrogens (tertiary/aromatic N) is 4. The molecule has 0 N–H and O–H groups in total. The maximum atomic E-state index is 5.28. The van der Waals surface area contributed by atoms with Gasteiger partial charge in [0, 0.05) is 50.9 Å². The van der Waals surface area contributed by atoms with E-state index in [1.54, 1.807) is 7.11 Å². The maximum Gasteiger partial charge on any atom is 0.0949 e. The Morgan fingerprint density at radius 1 is 1.11 bits per heavy atom. The predicted molar refractivity (Wildman–Crippen MR) is 110 cm³/mol. The lowest BCUT2D eigenvalue weighted by molar-refractivity contribution is -0.00927. The van der Waals surface area contributed by atoms with Crippen molar-refractivity contribution in [1.29, 1.82) is 0 Å². The lowest BCUT2D eigenvalue weighted by Gasteiger charge is -2.51. The third-order valence-electron chi connectivity index (χ3n) is 7.30. The van der Waals surface area contributed by atoms with Gasteiger partial charge in [-0.2, -0.15) is 0 Å². The molecule has 4 aliphatic rings. The van der Waals surface area contributed by atoms with Crippen LogP contribution in [0.2, 0.25) is 0 Å². The van der Waals surface area contributed by atoms with E-state index in [1.807, 2.05) is 12.5 Å². The normalized spacial score (nSPS) is 32.0. The van der Waals surface area contributed by atoms with Crippen molar-refractivity contribution in [3.8, 4) is 0 Å². The summed E-state index contributed by atoms with van der Waals surface area (Å²) in [5.41, 5.74) is 4.18. The van der Waals surface area contributed by atoms with Crippen LogP contribution in [0.3, 0.4) is 0 Å². The maximum absolute atomic E-state index is 5.28. The number of ether oxygens (including phenoxy) is 1. The van der Waals surface area contributed by atoms with Crippen LogP contribution in [0.4, 0.5) is 0 Å². The van der Waals surface area contributed by atoms with Crippen molar-refractivity contribution in [2.75, 3.05) is 33.4 Å². The number of imidazole rings is 1. The van der Waals surface area contributed by atoms with Gasteiger partial charge in [-0.05, 0) is 44.3 Å². The average molecular weight is 381 g/mol. The molecular formula is C23H32N4O. The van der Waals surface area contributed by atoms with Crippen LogP contribution >= 0.6 is 0 Å². The fourth-order valence-corrected chi connectivity index (χ4v) is 5.91. The lowest BCUT2D eigenvalue weighted by atomic mass is 9.75. The third-order valence-corrected chi connectivity index (χ3v) is 7.30. The molecule has 4 fully saturated rings. The molecule has 0 saturated carbocycles. The van der Waals surface area contributed by atoms with Crippen LogP contribution in [0.15, 0.2) is 36.8 Å². The second kappa shape index (κ2) is 7.62. The Morgan fingerprint density at radius 3 is 2.64 bits per heavy atom. The van der Waals surface area contributed by atoms with E-state index in [9.17, 15) is 0 Å². The Kier molecular flexibility index (Phi) is 4.99. The van der Waals surface area contributed by atoms with Crippen molar-refractivity contribution >= 4 is 0 Å². The highest BCUT2D eigenvalue weighted by Crippen LogP contribution is 2.46. The topological polar surface area (TPSA) is 33.5 Å². The van der Waals surface area contributed by atoms with Crippen LogP contribution in [0.1, 0.15) is 35.6 Å². The van der Waals surface area contributed by atoms with Crippen molar-refractivity contribution in [2.45, 2.75) is 50.9 Å². The molecule has 28 heavy (non-hydrogen) atoms. The standard InChI is InChI=1S/C23H32N4O/c1-17-3-5-18(6-4-17)21-15-27(14-20-13-24-16-26(20)11-12-28-2)22-19-7-9-25(10-8-19)23(21)22/h3-6,13,16,19,21-23H,7-12,14-15H2,1-2H3/t21-,22+,23+/m0/s1. The molecule has 1 aromatic heterocycles. The lowest BCUT2D eigenvalue weighted by Crippen LogP contribution is -2.60. The number of rotatable bonds is 6. The first-order valence-electron chi connectivity index (χ1n) is 10.8. The fourth-order valence-electron chi connectivity index (χ4n) is 5.91. The van der Waals surface area contributed by atoms with E-state index in [1.165, 1.54) is 42.8 Å². The first kappa shape index (κ1) is 18.3. The summed E-state index contributed by atoms with van der Waals surface area (Å²) in [5.74, 6) is 1.46. The number of hydrogen-bond acceptors (Lipinski definition) is 4. The predicted octanol–water partition coefficient (Wildman–Crippen LogP) is 2.90. The molecule has 2 bridgehead atoms. The molecule has 0 aliphatic carbocycles. The summed E-state index contributed by atoms with van der Waals surface area (Å²) in [4.78, 5) is 9.98. The SMILES string of the molecule is COCCn1cncc1CN1C[C@@H](c2ccc(C)cc2)[C@@H]2[C@H]1C1CCN2CC1. The molecule has 4 aliphatic heterocycles. The molecule has 0 spiro atoms. The summed E-state index contributed by atoms with van der Waals surface area (Å²) in [5, 5.41) is 0. The molecule has 5 heterocycles. The molecule has 0 amide bonds. The minimum atomic E-state index is 0.615. The molecule has 5 nitrogen and oxygen atoms in total. The Balaban J connectivity index is 1.42. The van der Waals surface area contributed by atoms with Gasteiger partial charge in [-0.15, -0.1) is 0 Å². The molecular weight excluding hydrogens is 348 g/mol. The van der Waals surface area contributed by atoms with Crippen LogP contribution in [0, 0.1) is 12.8 Å². The molecule has 2 aromatic rings. The van der Waals surface area contributed by atoms with Crippen LogP contribution in [0.5, 0.6) is 0 Å². The monoisotopic (exact) mass is 380 g/mol. The first-order valence-corrected chi connectivity index (χ1v) is 10.8. The van der Waals surface area contributed by atoms with E-state index in [0.29, 0.717) is 18.0 Å². The average Bonchev–Trinajstić information content (AvgIpc) is 3.34. The van der Waals surface area contributed by atoms with Crippen molar-refractivity contribution in [1.82, 2.24) is 19.4 Å². The van der Waals surface area contributed by atoms with Gasteiger partial charge in [-0.3, -0.25) is 9.80 Å². The van der Waals surface area contributed by atoms with Gasteiger partial charge >= 0.3 is 0 Å². The smallest absolute Gasteiger partial charge is 0.0949 e. The summed E-state index contributed by atoms with van der Waals surface area (Å²) >= 11 is 0. The fraction of sp³-hybridized carbons (Fsp3) is 0.609. The molecule has 150 valence electrons. The first-order chi connectivity index (χ1) is 13.7. The molecule has 0 radical (unpaired) electrons. The van der Waals surface area contributed by atoms with E-state index in [2.05, 4.69) is 50.5 Å². The number of aryl methyl sites for hydroxylation is 1. The van der Waals surface area contributed by atoms with E-state index in [-0.39, 0.29) is 0 Å². The number of benzene rings is 1. The number of piperidine rings is 3. The van der Waals surface area contributed by atoms with E-state index < -0.39 is 0 Å². The zero-order valence-electron chi connectivity index (χ0n) is 17.1. The molecule has 5 heteroatoms. The van der Waals surface area contributed by atoms with E-state index in [0.717, 1.165) is 32.2 Å². The van der Waals surface area contributed by atoms with Crippen LogP contribution < -0.4 is 0 Å². The number of hydrogen-bond donors (Lipinski definition) is 0. The minimum Gasteiger partial charge on any atom is -0.383 e. The molecule has 0 unspecified atom stereocenters. The third kappa shape index (κ3) is 3.19. The van der Waals surface area contributed by atoms with Gasteiger partial charge in [0.15, 0.2) is 0 Å².